The number of thiazole rings is 1. The van der Waals surface area contributed by atoms with Gasteiger partial charge < -0.3 is 10.6 Å². The Morgan fingerprint density at radius 3 is 2.62 bits per heavy atom. The third kappa shape index (κ3) is 5.36. The SMILES string of the molecule is CN(C)S(=O)(=O)c1cccc(C(=O)NCC(=O)Nc2nc(-c3cccc(C#N)c3)cs2)c1. The second kappa shape index (κ2) is 9.69. The second-order valence-electron chi connectivity index (χ2n) is 6.78. The van der Waals surface area contributed by atoms with Crippen LogP contribution in [0.15, 0.2) is 58.8 Å². The molecule has 2 amide bonds. The minimum atomic E-state index is -3.68. The quantitative estimate of drug-likeness (QED) is 0.546. The Kier molecular flexibility index (Phi) is 6.99. The first-order valence-electron chi connectivity index (χ1n) is 9.27. The Morgan fingerprint density at radius 1 is 1.16 bits per heavy atom. The number of amides is 2. The van der Waals surface area contributed by atoms with Crippen LogP contribution in [0.25, 0.3) is 11.3 Å². The highest BCUT2D eigenvalue weighted by Gasteiger charge is 2.19. The minimum absolute atomic E-state index is 0.0182. The molecule has 0 spiro atoms. The lowest BCUT2D eigenvalue weighted by atomic mass is 10.1. The Morgan fingerprint density at radius 2 is 1.91 bits per heavy atom. The molecule has 32 heavy (non-hydrogen) atoms. The van der Waals surface area contributed by atoms with Crippen molar-refractivity contribution >= 4 is 38.3 Å². The van der Waals surface area contributed by atoms with E-state index in [1.165, 1.54) is 49.7 Å². The summed E-state index contributed by atoms with van der Waals surface area (Å²) in [6, 6.07) is 14.6. The number of hydrogen-bond acceptors (Lipinski definition) is 7. The number of hydrogen-bond donors (Lipinski definition) is 2. The van der Waals surface area contributed by atoms with Gasteiger partial charge in [-0.2, -0.15) is 5.26 Å². The van der Waals surface area contributed by atoms with Crippen LogP contribution in [-0.2, 0) is 14.8 Å². The van der Waals surface area contributed by atoms with Crippen molar-refractivity contribution in [3.8, 4) is 17.3 Å². The first kappa shape index (κ1) is 23.1. The molecule has 0 saturated heterocycles. The fraction of sp³-hybridized carbons (Fsp3) is 0.143. The van der Waals surface area contributed by atoms with E-state index in [0.29, 0.717) is 16.4 Å². The van der Waals surface area contributed by atoms with Gasteiger partial charge in [0, 0.05) is 30.6 Å². The topological polar surface area (TPSA) is 132 Å². The lowest BCUT2D eigenvalue weighted by molar-refractivity contribution is -0.115. The predicted molar refractivity (Wildman–Crippen MR) is 121 cm³/mol. The first-order chi connectivity index (χ1) is 15.2. The maximum absolute atomic E-state index is 12.4. The van der Waals surface area contributed by atoms with Crippen molar-refractivity contribution in [2.24, 2.45) is 0 Å². The Bertz CT molecular complexity index is 1310. The van der Waals surface area contributed by atoms with Crippen molar-refractivity contribution in [1.29, 1.82) is 5.26 Å². The number of carbonyl (C=O) groups is 2. The minimum Gasteiger partial charge on any atom is -0.343 e. The number of nitrogens with one attached hydrogen (secondary N) is 2. The van der Waals surface area contributed by atoms with Crippen LogP contribution >= 0.6 is 11.3 Å². The van der Waals surface area contributed by atoms with Crippen LogP contribution in [0.2, 0.25) is 0 Å². The van der Waals surface area contributed by atoms with Crippen LogP contribution in [0.5, 0.6) is 0 Å². The molecule has 0 aliphatic carbocycles. The lowest BCUT2D eigenvalue weighted by Gasteiger charge is -2.12. The second-order valence-corrected chi connectivity index (χ2v) is 9.79. The highest BCUT2D eigenvalue weighted by atomic mass is 32.2. The van der Waals surface area contributed by atoms with Gasteiger partial charge in [-0.3, -0.25) is 9.59 Å². The first-order valence-corrected chi connectivity index (χ1v) is 11.6. The van der Waals surface area contributed by atoms with Crippen molar-refractivity contribution in [3.63, 3.8) is 0 Å². The molecule has 164 valence electrons. The molecule has 9 nitrogen and oxygen atoms in total. The number of rotatable bonds is 7. The number of aromatic nitrogens is 1. The Balaban J connectivity index is 1.61. The average molecular weight is 470 g/mol. The molecule has 2 aromatic carbocycles. The molecule has 2 N–H and O–H groups in total. The molecule has 0 aliphatic rings. The summed E-state index contributed by atoms with van der Waals surface area (Å²) in [5.74, 6) is -1.06. The van der Waals surface area contributed by atoms with E-state index >= 15 is 0 Å². The number of sulfonamides is 1. The summed E-state index contributed by atoms with van der Waals surface area (Å²) in [6.07, 6.45) is 0. The van der Waals surface area contributed by atoms with E-state index in [-0.39, 0.29) is 17.0 Å². The number of nitriles is 1. The van der Waals surface area contributed by atoms with Crippen molar-refractivity contribution in [3.05, 3.63) is 65.0 Å². The zero-order valence-corrected chi connectivity index (χ0v) is 18.8. The van der Waals surface area contributed by atoms with E-state index in [0.717, 1.165) is 9.87 Å². The van der Waals surface area contributed by atoms with Gasteiger partial charge in [0.05, 0.1) is 28.8 Å². The van der Waals surface area contributed by atoms with Crippen LogP contribution in [0, 0.1) is 11.3 Å². The van der Waals surface area contributed by atoms with Gasteiger partial charge in [0.25, 0.3) is 5.91 Å². The average Bonchev–Trinajstić information content (AvgIpc) is 3.26. The van der Waals surface area contributed by atoms with E-state index in [1.54, 1.807) is 23.6 Å². The van der Waals surface area contributed by atoms with Gasteiger partial charge in [-0.05, 0) is 30.3 Å². The van der Waals surface area contributed by atoms with Crippen LogP contribution in [0.3, 0.4) is 0 Å². The summed E-state index contributed by atoms with van der Waals surface area (Å²) in [6.45, 7) is -0.317. The van der Waals surface area contributed by atoms with Gasteiger partial charge in [0.2, 0.25) is 15.9 Å². The van der Waals surface area contributed by atoms with E-state index in [1.807, 2.05) is 6.07 Å². The molecule has 3 aromatic rings. The van der Waals surface area contributed by atoms with Crippen LogP contribution in [0.4, 0.5) is 5.13 Å². The van der Waals surface area contributed by atoms with Crippen molar-refractivity contribution in [1.82, 2.24) is 14.6 Å². The molecule has 1 aromatic heterocycles. The summed E-state index contributed by atoms with van der Waals surface area (Å²) >= 11 is 1.21. The molecule has 0 aliphatic heterocycles. The fourth-order valence-electron chi connectivity index (χ4n) is 2.65. The Hall–Kier alpha value is -3.59. The van der Waals surface area contributed by atoms with Crippen molar-refractivity contribution in [2.45, 2.75) is 4.90 Å². The molecular formula is C21H19N5O4S2. The van der Waals surface area contributed by atoms with Crippen molar-refractivity contribution < 1.29 is 18.0 Å². The maximum Gasteiger partial charge on any atom is 0.251 e. The van der Waals surface area contributed by atoms with Crippen LogP contribution in [0.1, 0.15) is 15.9 Å². The van der Waals surface area contributed by atoms with Gasteiger partial charge in [-0.25, -0.2) is 17.7 Å². The molecule has 3 rings (SSSR count). The lowest BCUT2D eigenvalue weighted by Crippen LogP contribution is -2.33. The summed E-state index contributed by atoms with van der Waals surface area (Å²) < 4.78 is 25.5. The maximum atomic E-state index is 12.4. The van der Waals surface area contributed by atoms with Gasteiger partial charge in [-0.1, -0.05) is 18.2 Å². The summed E-state index contributed by atoms with van der Waals surface area (Å²) in [5.41, 5.74) is 1.99. The molecule has 1 heterocycles. The third-order valence-electron chi connectivity index (χ3n) is 4.32. The summed E-state index contributed by atoms with van der Waals surface area (Å²) in [5, 5.41) is 16.2. The molecule has 0 unspecified atom stereocenters. The number of anilines is 1. The van der Waals surface area contributed by atoms with E-state index < -0.39 is 21.8 Å². The van der Waals surface area contributed by atoms with Gasteiger partial charge in [0.1, 0.15) is 0 Å². The summed E-state index contributed by atoms with van der Waals surface area (Å²) in [4.78, 5) is 28.9. The molecular weight excluding hydrogens is 450 g/mol. The molecule has 11 heteroatoms. The molecule has 0 atom stereocenters. The van der Waals surface area contributed by atoms with Gasteiger partial charge in [0.15, 0.2) is 5.13 Å². The predicted octanol–water partition coefficient (Wildman–Crippen LogP) is 2.30. The summed E-state index contributed by atoms with van der Waals surface area (Å²) in [7, 11) is -0.882. The fourth-order valence-corrected chi connectivity index (χ4v) is 4.33. The smallest absolute Gasteiger partial charge is 0.251 e. The molecule has 0 bridgehead atoms. The van der Waals surface area contributed by atoms with Crippen LogP contribution < -0.4 is 10.6 Å². The Labute approximate surface area is 189 Å². The van der Waals surface area contributed by atoms with Crippen LogP contribution in [-0.4, -0.2) is 50.2 Å². The highest BCUT2D eigenvalue weighted by Crippen LogP contribution is 2.25. The standard InChI is InChI=1S/C21H19N5O4S2/c1-26(2)32(29,30)17-8-4-7-16(10-17)20(28)23-12-19(27)25-21-24-18(13-31-21)15-6-3-5-14(9-15)11-22/h3-10,13H,12H2,1-2H3,(H,23,28)(H,24,25,27). The van der Waals surface area contributed by atoms with E-state index in [9.17, 15) is 18.0 Å². The van der Waals surface area contributed by atoms with E-state index in [4.69, 9.17) is 5.26 Å². The van der Waals surface area contributed by atoms with Crippen molar-refractivity contribution in [2.75, 3.05) is 26.0 Å². The van der Waals surface area contributed by atoms with Gasteiger partial charge in [-0.15, -0.1) is 11.3 Å². The monoisotopic (exact) mass is 469 g/mol. The zero-order chi connectivity index (χ0) is 23.3. The normalized spacial score (nSPS) is 11.1. The van der Waals surface area contributed by atoms with E-state index in [2.05, 4.69) is 21.7 Å². The zero-order valence-electron chi connectivity index (χ0n) is 17.2. The van der Waals surface area contributed by atoms with Gasteiger partial charge >= 0.3 is 0 Å². The number of benzene rings is 2. The molecule has 0 saturated carbocycles. The highest BCUT2D eigenvalue weighted by molar-refractivity contribution is 7.89. The molecule has 0 radical (unpaired) electrons. The number of nitrogens with zero attached hydrogens (tertiary/aromatic N) is 3. The number of carbonyl (C=O) groups excluding carboxylic acids is 2. The molecule has 0 fully saturated rings. The third-order valence-corrected chi connectivity index (χ3v) is 6.89. The largest absolute Gasteiger partial charge is 0.343 e.